The van der Waals surface area contributed by atoms with Crippen molar-refractivity contribution in [2.45, 2.75) is 52.1 Å². The van der Waals surface area contributed by atoms with Crippen LogP contribution in [0.5, 0.6) is 11.5 Å². The molecule has 0 saturated heterocycles. The molecule has 0 amide bonds. The molecule has 1 aromatic carbocycles. The normalized spacial score (nSPS) is 15.9. The van der Waals surface area contributed by atoms with Gasteiger partial charge in [0.05, 0.1) is 17.3 Å². The molecule has 0 aromatic heterocycles. The zero-order chi connectivity index (χ0) is 19.8. The summed E-state index contributed by atoms with van der Waals surface area (Å²) in [6.07, 6.45) is 6.01. The minimum Gasteiger partial charge on any atom is -0.496 e. The third-order valence-corrected chi connectivity index (χ3v) is 5.57. The number of hydrogen-bond acceptors (Lipinski definition) is 5. The number of carbonyl (C=O) groups excluding carboxylic acids is 1. The second-order valence-electron chi connectivity index (χ2n) is 6.99. The predicted octanol–water partition coefficient (Wildman–Crippen LogP) is 5.41. The first-order chi connectivity index (χ1) is 12.9. The van der Waals surface area contributed by atoms with Gasteiger partial charge in [-0.1, -0.05) is 25.8 Å². The highest BCUT2D eigenvalue weighted by Gasteiger charge is 2.19. The quantitative estimate of drug-likeness (QED) is 0.153. The fourth-order valence-electron chi connectivity index (χ4n) is 3.15. The van der Waals surface area contributed by atoms with Gasteiger partial charge in [-0.25, -0.2) is 4.79 Å². The van der Waals surface area contributed by atoms with Gasteiger partial charge >= 0.3 is 5.97 Å². The smallest absolute Gasteiger partial charge is 0.333 e. The average Bonchev–Trinajstić information content (AvgIpc) is 2.66. The molecule has 150 valence electrons. The Morgan fingerprint density at radius 2 is 1.96 bits per heavy atom. The first-order valence-electron chi connectivity index (χ1n) is 9.36. The lowest BCUT2D eigenvalue weighted by Crippen LogP contribution is -2.16. The molecule has 2 rings (SSSR count). The molecule has 1 aromatic rings. The molecule has 0 spiro atoms. The third-order valence-electron chi connectivity index (χ3n) is 4.73. The lowest BCUT2D eigenvalue weighted by atomic mass is 9.90. The molecule has 0 aliphatic heterocycles. The van der Waals surface area contributed by atoms with E-state index >= 15 is 0 Å². The average molecular weight is 488 g/mol. The molecule has 1 aliphatic carbocycles. The van der Waals surface area contributed by atoms with Crippen molar-refractivity contribution >= 4 is 28.6 Å². The maximum Gasteiger partial charge on any atom is 0.333 e. The zero-order valence-corrected chi connectivity index (χ0v) is 18.5. The van der Waals surface area contributed by atoms with Gasteiger partial charge in [-0.15, -0.1) is 0 Å². The molecule has 1 fully saturated rings. The van der Waals surface area contributed by atoms with Crippen molar-refractivity contribution < 1.29 is 23.7 Å². The molecule has 1 unspecified atom stereocenters. The van der Waals surface area contributed by atoms with E-state index in [0.29, 0.717) is 23.0 Å². The molecule has 0 heterocycles. The Morgan fingerprint density at radius 3 is 2.59 bits per heavy atom. The summed E-state index contributed by atoms with van der Waals surface area (Å²) in [7, 11) is 1.59. The van der Waals surface area contributed by atoms with Crippen LogP contribution in [0.25, 0.3) is 0 Å². The third kappa shape index (κ3) is 6.68. The van der Waals surface area contributed by atoms with Gasteiger partial charge in [-0.2, -0.15) is 0 Å². The standard InChI is InChI=1S/C21H29IO5/c1-14(2)21(23)27-15(3)17-10-18(22)20(11-19(17)24-4)26-13-25-12-16-8-6-5-7-9-16/h10-11,15-16H,1,5-9,12-13H2,2-4H3. The van der Waals surface area contributed by atoms with Gasteiger partial charge in [0.15, 0.2) is 6.79 Å². The fraction of sp³-hybridized carbons (Fsp3) is 0.571. The number of hydrogen-bond donors (Lipinski definition) is 0. The largest absolute Gasteiger partial charge is 0.496 e. The highest BCUT2D eigenvalue weighted by atomic mass is 127. The second-order valence-corrected chi connectivity index (χ2v) is 8.15. The van der Waals surface area contributed by atoms with Gasteiger partial charge < -0.3 is 18.9 Å². The summed E-state index contributed by atoms with van der Waals surface area (Å²) in [5.41, 5.74) is 1.15. The van der Waals surface area contributed by atoms with Crippen LogP contribution in [0.2, 0.25) is 0 Å². The van der Waals surface area contributed by atoms with Crippen LogP contribution in [0.15, 0.2) is 24.3 Å². The number of rotatable bonds is 9. The van der Waals surface area contributed by atoms with Crippen LogP contribution in [0, 0.1) is 9.49 Å². The molecule has 6 heteroatoms. The van der Waals surface area contributed by atoms with E-state index < -0.39 is 12.1 Å². The van der Waals surface area contributed by atoms with Gasteiger partial charge in [-0.3, -0.25) is 0 Å². The van der Waals surface area contributed by atoms with Gasteiger partial charge in [0.2, 0.25) is 0 Å². The molecule has 1 atom stereocenters. The maximum atomic E-state index is 11.8. The maximum absolute atomic E-state index is 11.8. The second kappa shape index (κ2) is 10.9. The molecular weight excluding hydrogens is 459 g/mol. The summed E-state index contributed by atoms with van der Waals surface area (Å²) in [6.45, 7) is 8.01. The molecule has 1 aliphatic rings. The summed E-state index contributed by atoms with van der Waals surface area (Å²) in [6, 6.07) is 3.72. The van der Waals surface area contributed by atoms with Crippen molar-refractivity contribution in [1.82, 2.24) is 0 Å². The van der Waals surface area contributed by atoms with Crippen LogP contribution in [-0.4, -0.2) is 26.5 Å². The molecule has 27 heavy (non-hydrogen) atoms. The summed E-state index contributed by atoms with van der Waals surface area (Å²) in [4.78, 5) is 11.8. The topological polar surface area (TPSA) is 54.0 Å². The first kappa shape index (κ1) is 22.0. The Bertz CT molecular complexity index is 652. The van der Waals surface area contributed by atoms with Crippen molar-refractivity contribution in [3.8, 4) is 11.5 Å². The molecule has 0 N–H and O–H groups in total. The molecule has 5 nitrogen and oxygen atoms in total. The zero-order valence-electron chi connectivity index (χ0n) is 16.4. The van der Waals surface area contributed by atoms with E-state index in [4.69, 9.17) is 18.9 Å². The fourth-order valence-corrected chi connectivity index (χ4v) is 3.80. The SMILES string of the molecule is C=C(C)C(=O)OC(C)c1cc(I)c(OCOCC2CCCCC2)cc1OC. The van der Waals surface area contributed by atoms with Gasteiger partial charge in [0.25, 0.3) is 0 Å². The van der Waals surface area contributed by atoms with E-state index in [1.54, 1.807) is 14.0 Å². The first-order valence-corrected chi connectivity index (χ1v) is 10.4. The summed E-state index contributed by atoms with van der Waals surface area (Å²) in [5, 5.41) is 0. The summed E-state index contributed by atoms with van der Waals surface area (Å²) in [5.74, 6) is 1.54. The van der Waals surface area contributed by atoms with Crippen LogP contribution < -0.4 is 9.47 Å². The Labute approximate surface area is 175 Å². The Kier molecular flexibility index (Phi) is 8.89. The molecule has 0 bridgehead atoms. The van der Waals surface area contributed by atoms with Gasteiger partial charge in [-0.05, 0) is 61.3 Å². The summed E-state index contributed by atoms with van der Waals surface area (Å²) < 4.78 is 23.3. The number of benzene rings is 1. The Morgan fingerprint density at radius 1 is 1.26 bits per heavy atom. The van der Waals surface area contributed by atoms with Crippen molar-refractivity contribution in [3.63, 3.8) is 0 Å². The van der Waals surface area contributed by atoms with Crippen LogP contribution in [0.4, 0.5) is 0 Å². The predicted molar refractivity (Wildman–Crippen MR) is 113 cm³/mol. The van der Waals surface area contributed by atoms with Crippen LogP contribution in [0.1, 0.15) is 57.6 Å². The van der Waals surface area contributed by atoms with E-state index in [0.717, 1.165) is 15.7 Å². The number of ether oxygens (including phenoxy) is 4. The lowest BCUT2D eigenvalue weighted by molar-refractivity contribution is -0.143. The Balaban J connectivity index is 1.95. The van der Waals surface area contributed by atoms with Crippen molar-refractivity contribution in [1.29, 1.82) is 0 Å². The van der Waals surface area contributed by atoms with Crippen molar-refractivity contribution in [3.05, 3.63) is 33.4 Å². The Hall–Kier alpha value is -1.28. The van der Waals surface area contributed by atoms with E-state index in [9.17, 15) is 4.79 Å². The number of halogens is 1. The van der Waals surface area contributed by atoms with Crippen molar-refractivity contribution in [2.24, 2.45) is 5.92 Å². The highest BCUT2D eigenvalue weighted by Crippen LogP contribution is 2.35. The van der Waals surface area contributed by atoms with E-state index in [1.807, 2.05) is 19.1 Å². The molecule has 1 saturated carbocycles. The van der Waals surface area contributed by atoms with E-state index in [-0.39, 0.29) is 6.79 Å². The van der Waals surface area contributed by atoms with E-state index in [2.05, 4.69) is 29.2 Å². The number of carbonyl (C=O) groups is 1. The molecule has 0 radical (unpaired) electrons. The van der Waals surface area contributed by atoms with Gasteiger partial charge in [0.1, 0.15) is 17.6 Å². The van der Waals surface area contributed by atoms with Crippen LogP contribution in [-0.2, 0) is 14.3 Å². The van der Waals surface area contributed by atoms with Crippen LogP contribution >= 0.6 is 22.6 Å². The van der Waals surface area contributed by atoms with Crippen molar-refractivity contribution in [2.75, 3.05) is 20.5 Å². The van der Waals surface area contributed by atoms with Gasteiger partial charge in [0, 0.05) is 17.2 Å². The monoisotopic (exact) mass is 488 g/mol. The highest BCUT2D eigenvalue weighted by molar-refractivity contribution is 14.1. The minimum atomic E-state index is -0.450. The lowest BCUT2D eigenvalue weighted by Gasteiger charge is -2.21. The summed E-state index contributed by atoms with van der Waals surface area (Å²) >= 11 is 2.20. The number of methoxy groups -OCH3 is 1. The minimum absolute atomic E-state index is 0.217. The van der Waals surface area contributed by atoms with E-state index in [1.165, 1.54) is 32.1 Å². The molecular formula is C21H29IO5. The number of esters is 1. The van der Waals surface area contributed by atoms with Crippen LogP contribution in [0.3, 0.4) is 0 Å².